The van der Waals surface area contributed by atoms with Crippen molar-refractivity contribution in [3.8, 4) is 11.5 Å². The highest BCUT2D eigenvalue weighted by Gasteiger charge is 2.18. The molecule has 4 nitrogen and oxygen atoms in total. The third-order valence-electron chi connectivity index (χ3n) is 3.15. The zero-order valence-electron chi connectivity index (χ0n) is 14.1. The summed E-state index contributed by atoms with van der Waals surface area (Å²) in [5, 5.41) is 13.1. The second-order valence-electron chi connectivity index (χ2n) is 6.34. The van der Waals surface area contributed by atoms with Crippen molar-refractivity contribution in [1.82, 2.24) is 5.32 Å². The van der Waals surface area contributed by atoms with E-state index in [2.05, 4.69) is 26.1 Å². The van der Waals surface area contributed by atoms with E-state index in [-0.39, 0.29) is 11.6 Å². The number of hydrogen-bond acceptors (Lipinski definition) is 4. The second-order valence-corrected chi connectivity index (χ2v) is 6.34. The number of para-hydroxylation sites is 1. The predicted octanol–water partition coefficient (Wildman–Crippen LogP) is 3.12. The Morgan fingerprint density at radius 2 is 1.90 bits per heavy atom. The first-order chi connectivity index (χ1) is 9.74. The molecule has 4 heteroatoms. The van der Waals surface area contributed by atoms with Crippen molar-refractivity contribution in [2.75, 3.05) is 6.61 Å². The maximum Gasteiger partial charge on any atom is 0.166 e. The van der Waals surface area contributed by atoms with Gasteiger partial charge in [-0.15, -0.1) is 0 Å². The largest absolute Gasteiger partial charge is 0.490 e. The topological polar surface area (TPSA) is 50.7 Å². The molecule has 21 heavy (non-hydrogen) atoms. The molecule has 2 unspecified atom stereocenters. The van der Waals surface area contributed by atoms with Crippen LogP contribution in [0.1, 0.15) is 47.1 Å². The summed E-state index contributed by atoms with van der Waals surface area (Å²) in [4.78, 5) is 0. The van der Waals surface area contributed by atoms with Crippen molar-refractivity contribution in [2.45, 2.75) is 65.8 Å². The van der Waals surface area contributed by atoms with Crippen LogP contribution in [-0.4, -0.2) is 29.5 Å². The van der Waals surface area contributed by atoms with E-state index >= 15 is 0 Å². The maximum absolute atomic E-state index is 9.67. The first-order valence-electron chi connectivity index (χ1n) is 7.59. The van der Waals surface area contributed by atoms with Gasteiger partial charge < -0.3 is 19.9 Å². The summed E-state index contributed by atoms with van der Waals surface area (Å²) in [7, 11) is 0. The Hall–Kier alpha value is -1.26. The highest BCUT2D eigenvalue weighted by molar-refractivity contribution is 5.47. The molecular weight excluding hydrogens is 266 g/mol. The van der Waals surface area contributed by atoms with Crippen LogP contribution in [0, 0.1) is 0 Å². The van der Waals surface area contributed by atoms with Crippen LogP contribution < -0.4 is 14.8 Å². The fourth-order valence-corrected chi connectivity index (χ4v) is 1.75. The van der Waals surface area contributed by atoms with Crippen molar-refractivity contribution in [3.05, 3.63) is 23.8 Å². The zero-order valence-corrected chi connectivity index (χ0v) is 14.1. The van der Waals surface area contributed by atoms with E-state index in [1.54, 1.807) is 6.92 Å². The van der Waals surface area contributed by atoms with E-state index in [1.807, 2.05) is 32.0 Å². The monoisotopic (exact) mass is 295 g/mol. The molecular formula is C17H29NO3. The standard InChI is InChI=1S/C17H29NO3/c1-7-20-15-10-8-9-14(11-18-17(4,5)6)16(15)21-13(3)12(2)19/h8-10,12-13,18-19H,7,11H2,1-6H3. The third-order valence-corrected chi connectivity index (χ3v) is 3.15. The van der Waals surface area contributed by atoms with Crippen LogP contribution in [0.5, 0.6) is 11.5 Å². The lowest BCUT2D eigenvalue weighted by molar-refractivity contribution is 0.0574. The summed E-state index contributed by atoms with van der Waals surface area (Å²) in [5.74, 6) is 1.43. The quantitative estimate of drug-likeness (QED) is 0.811. The molecule has 1 rings (SSSR count). The van der Waals surface area contributed by atoms with Gasteiger partial charge in [0.15, 0.2) is 11.5 Å². The molecule has 0 saturated carbocycles. The highest BCUT2D eigenvalue weighted by Crippen LogP contribution is 2.33. The second kappa shape index (κ2) is 7.66. The zero-order chi connectivity index (χ0) is 16.0. The van der Waals surface area contributed by atoms with Gasteiger partial charge in [0.25, 0.3) is 0 Å². The Bertz CT molecular complexity index is 438. The minimum absolute atomic E-state index is 0.0226. The summed E-state index contributed by atoms with van der Waals surface area (Å²) >= 11 is 0. The molecule has 2 N–H and O–H groups in total. The SMILES string of the molecule is CCOc1cccc(CNC(C)(C)C)c1OC(C)C(C)O. The minimum Gasteiger partial charge on any atom is -0.490 e. The van der Waals surface area contributed by atoms with Gasteiger partial charge in [-0.25, -0.2) is 0 Å². The summed E-state index contributed by atoms with van der Waals surface area (Å²) in [6.45, 7) is 13.2. The Morgan fingerprint density at radius 3 is 2.43 bits per heavy atom. The van der Waals surface area contributed by atoms with E-state index in [4.69, 9.17) is 9.47 Å². The molecule has 0 bridgehead atoms. The van der Waals surface area contributed by atoms with Crippen LogP contribution in [0.25, 0.3) is 0 Å². The van der Waals surface area contributed by atoms with Gasteiger partial charge in [0.2, 0.25) is 0 Å². The smallest absolute Gasteiger partial charge is 0.166 e. The minimum atomic E-state index is -0.539. The van der Waals surface area contributed by atoms with Gasteiger partial charge >= 0.3 is 0 Å². The number of benzene rings is 1. The molecule has 0 radical (unpaired) electrons. The van der Waals surface area contributed by atoms with Crippen LogP contribution in [0.2, 0.25) is 0 Å². The van der Waals surface area contributed by atoms with Gasteiger partial charge in [-0.1, -0.05) is 12.1 Å². The molecule has 0 saturated heterocycles. The van der Waals surface area contributed by atoms with Gasteiger partial charge in [0.05, 0.1) is 12.7 Å². The number of nitrogens with one attached hydrogen (secondary N) is 1. The van der Waals surface area contributed by atoms with Crippen LogP contribution >= 0.6 is 0 Å². The lowest BCUT2D eigenvalue weighted by Gasteiger charge is -2.25. The number of aliphatic hydroxyl groups is 1. The normalized spacial score (nSPS) is 14.6. The Kier molecular flexibility index (Phi) is 6.49. The Balaban J connectivity index is 3.02. The molecule has 0 aromatic heterocycles. The molecule has 120 valence electrons. The Morgan fingerprint density at radius 1 is 1.24 bits per heavy atom. The van der Waals surface area contributed by atoms with Crippen LogP contribution in [0.4, 0.5) is 0 Å². The molecule has 0 fully saturated rings. The van der Waals surface area contributed by atoms with E-state index in [1.165, 1.54) is 0 Å². The molecule has 0 amide bonds. The van der Waals surface area contributed by atoms with Crippen molar-refractivity contribution in [3.63, 3.8) is 0 Å². The average Bonchev–Trinajstić information content (AvgIpc) is 2.38. The summed E-state index contributed by atoms with van der Waals surface area (Å²) < 4.78 is 11.6. The summed E-state index contributed by atoms with van der Waals surface area (Å²) in [6.07, 6.45) is -0.830. The molecule has 1 aromatic carbocycles. The van der Waals surface area contributed by atoms with Crippen LogP contribution in [-0.2, 0) is 6.54 Å². The molecule has 2 atom stereocenters. The van der Waals surface area contributed by atoms with Crippen molar-refractivity contribution in [2.24, 2.45) is 0 Å². The molecule has 0 aliphatic carbocycles. The van der Waals surface area contributed by atoms with E-state index in [9.17, 15) is 5.11 Å². The van der Waals surface area contributed by atoms with Gasteiger partial charge in [-0.05, 0) is 47.6 Å². The van der Waals surface area contributed by atoms with Gasteiger partial charge in [-0.3, -0.25) is 0 Å². The number of rotatable bonds is 7. The number of hydrogen-bond donors (Lipinski definition) is 2. The van der Waals surface area contributed by atoms with Gasteiger partial charge in [0, 0.05) is 17.6 Å². The summed E-state index contributed by atoms with van der Waals surface area (Å²) in [6, 6.07) is 5.88. The number of aliphatic hydroxyl groups excluding tert-OH is 1. The van der Waals surface area contributed by atoms with Gasteiger partial charge in [0.1, 0.15) is 6.10 Å². The maximum atomic E-state index is 9.67. The lowest BCUT2D eigenvalue weighted by Crippen LogP contribution is -2.35. The van der Waals surface area contributed by atoms with Crippen molar-refractivity contribution >= 4 is 0 Å². The summed E-state index contributed by atoms with van der Waals surface area (Å²) in [5.41, 5.74) is 1.05. The van der Waals surface area contributed by atoms with Crippen molar-refractivity contribution in [1.29, 1.82) is 0 Å². The molecule has 0 spiro atoms. The van der Waals surface area contributed by atoms with Crippen LogP contribution in [0.15, 0.2) is 18.2 Å². The predicted molar refractivity (Wildman–Crippen MR) is 86.0 cm³/mol. The third kappa shape index (κ3) is 5.94. The highest BCUT2D eigenvalue weighted by atomic mass is 16.5. The molecule has 0 aliphatic rings. The van der Waals surface area contributed by atoms with Gasteiger partial charge in [-0.2, -0.15) is 0 Å². The van der Waals surface area contributed by atoms with Crippen molar-refractivity contribution < 1.29 is 14.6 Å². The lowest BCUT2D eigenvalue weighted by atomic mass is 10.1. The van der Waals surface area contributed by atoms with E-state index < -0.39 is 6.10 Å². The van der Waals surface area contributed by atoms with Crippen LogP contribution in [0.3, 0.4) is 0 Å². The molecule has 0 heterocycles. The fraction of sp³-hybridized carbons (Fsp3) is 0.647. The van der Waals surface area contributed by atoms with E-state index in [0.29, 0.717) is 18.9 Å². The first-order valence-corrected chi connectivity index (χ1v) is 7.59. The van der Waals surface area contributed by atoms with E-state index in [0.717, 1.165) is 11.3 Å². The molecule has 0 aliphatic heterocycles. The fourth-order valence-electron chi connectivity index (χ4n) is 1.75. The molecule has 1 aromatic rings. The number of ether oxygens (including phenoxy) is 2. The first kappa shape index (κ1) is 17.8. The average molecular weight is 295 g/mol. The Labute approximate surface area is 128 Å².